The van der Waals surface area contributed by atoms with Crippen molar-refractivity contribution in [2.75, 3.05) is 5.75 Å². The Morgan fingerprint density at radius 3 is 3.08 bits per heavy atom. The Hall–Kier alpha value is -0.0200. The molecule has 13 heavy (non-hydrogen) atoms. The van der Waals surface area contributed by atoms with Gasteiger partial charge in [0.2, 0.25) is 0 Å². The van der Waals surface area contributed by atoms with Gasteiger partial charge in [-0.3, -0.25) is 0 Å². The number of aryl methyl sites for hydroxylation is 1. The van der Waals surface area contributed by atoms with Gasteiger partial charge in [0.1, 0.15) is 5.01 Å². The number of hydrogen-bond donors (Lipinski definition) is 0. The first-order chi connectivity index (χ1) is 6.40. The van der Waals surface area contributed by atoms with Crippen LogP contribution >= 0.6 is 23.1 Å². The van der Waals surface area contributed by atoms with Gasteiger partial charge in [-0.25, -0.2) is 4.98 Å². The van der Waals surface area contributed by atoms with Gasteiger partial charge >= 0.3 is 0 Å². The summed E-state index contributed by atoms with van der Waals surface area (Å²) in [5.41, 5.74) is 0. The maximum absolute atomic E-state index is 4.51. The average Bonchev–Trinajstić information content (AvgIpc) is 2.67. The molecule has 0 N–H and O–H groups in total. The molecule has 2 rings (SSSR count). The first kappa shape index (κ1) is 9.53. The van der Waals surface area contributed by atoms with Crippen LogP contribution in [0.25, 0.3) is 0 Å². The molecular formula is C10H15NS2. The van der Waals surface area contributed by atoms with E-state index >= 15 is 0 Å². The fraction of sp³-hybridized carbons (Fsp3) is 0.700. The minimum absolute atomic E-state index is 0.707. The van der Waals surface area contributed by atoms with Crippen LogP contribution in [0, 0.1) is 0 Å². The zero-order valence-electron chi connectivity index (χ0n) is 7.95. The van der Waals surface area contributed by atoms with E-state index in [-0.39, 0.29) is 0 Å². The molecule has 1 aromatic rings. The molecule has 0 amide bonds. The first-order valence-electron chi connectivity index (χ1n) is 4.96. The number of hydrogen-bond acceptors (Lipinski definition) is 3. The minimum Gasteiger partial charge on any atom is -0.248 e. The van der Waals surface area contributed by atoms with E-state index in [1.165, 1.54) is 34.9 Å². The summed E-state index contributed by atoms with van der Waals surface area (Å²) in [6, 6.07) is 0. The van der Waals surface area contributed by atoms with Crippen LogP contribution in [0.4, 0.5) is 0 Å². The highest BCUT2D eigenvalue weighted by Gasteiger charge is 2.18. The standard InChI is InChI=1S/C10H15NS2/c1-2-8-7-11-10(13-8)9-5-3-4-6-12-9/h7,9H,2-6H2,1H3. The lowest BCUT2D eigenvalue weighted by atomic mass is 10.2. The summed E-state index contributed by atoms with van der Waals surface area (Å²) in [4.78, 5) is 5.94. The maximum atomic E-state index is 4.51. The predicted molar refractivity (Wildman–Crippen MR) is 60.5 cm³/mol. The molecule has 0 spiro atoms. The lowest BCUT2D eigenvalue weighted by molar-refractivity contribution is 0.684. The summed E-state index contributed by atoms with van der Waals surface area (Å²) in [5, 5.41) is 2.07. The molecule has 1 nitrogen and oxygen atoms in total. The lowest BCUT2D eigenvalue weighted by Gasteiger charge is -2.18. The second kappa shape index (κ2) is 4.47. The summed E-state index contributed by atoms with van der Waals surface area (Å²) < 4.78 is 0. The fourth-order valence-corrected chi connectivity index (χ4v) is 3.98. The van der Waals surface area contributed by atoms with Gasteiger partial charge in [-0.2, -0.15) is 11.8 Å². The van der Waals surface area contributed by atoms with Crippen LogP contribution in [-0.2, 0) is 6.42 Å². The highest BCUT2D eigenvalue weighted by atomic mass is 32.2. The van der Waals surface area contributed by atoms with Crippen molar-refractivity contribution in [3.63, 3.8) is 0 Å². The fourth-order valence-electron chi connectivity index (χ4n) is 1.57. The van der Waals surface area contributed by atoms with Gasteiger partial charge in [-0.15, -0.1) is 11.3 Å². The number of aromatic nitrogens is 1. The van der Waals surface area contributed by atoms with Gasteiger partial charge in [0, 0.05) is 11.1 Å². The van der Waals surface area contributed by atoms with Gasteiger partial charge in [-0.05, 0) is 25.0 Å². The van der Waals surface area contributed by atoms with E-state index in [9.17, 15) is 0 Å². The molecule has 1 aliphatic rings. The van der Waals surface area contributed by atoms with Crippen LogP contribution in [0.15, 0.2) is 6.20 Å². The zero-order valence-corrected chi connectivity index (χ0v) is 9.59. The van der Waals surface area contributed by atoms with Crippen molar-refractivity contribution in [1.82, 2.24) is 4.98 Å². The highest BCUT2D eigenvalue weighted by molar-refractivity contribution is 7.99. The molecule has 0 radical (unpaired) electrons. The van der Waals surface area contributed by atoms with Gasteiger partial charge in [0.25, 0.3) is 0 Å². The molecule has 1 aliphatic heterocycles. The molecule has 1 unspecified atom stereocenters. The summed E-state index contributed by atoms with van der Waals surface area (Å²) >= 11 is 4.00. The van der Waals surface area contributed by atoms with Gasteiger partial charge in [-0.1, -0.05) is 13.3 Å². The molecule has 72 valence electrons. The van der Waals surface area contributed by atoms with Crippen molar-refractivity contribution in [3.8, 4) is 0 Å². The Kier molecular flexibility index (Phi) is 3.28. The molecular weight excluding hydrogens is 198 g/mol. The smallest absolute Gasteiger partial charge is 0.106 e. The molecule has 1 aromatic heterocycles. The van der Waals surface area contributed by atoms with Crippen molar-refractivity contribution < 1.29 is 0 Å². The number of thioether (sulfide) groups is 1. The Labute approximate surface area is 88.0 Å². The molecule has 0 aromatic carbocycles. The van der Waals surface area contributed by atoms with Crippen LogP contribution in [0.5, 0.6) is 0 Å². The molecule has 1 atom stereocenters. The van der Waals surface area contributed by atoms with E-state index in [1.54, 1.807) is 0 Å². The van der Waals surface area contributed by atoms with E-state index in [4.69, 9.17) is 0 Å². The summed E-state index contributed by atoms with van der Waals surface area (Å²) in [7, 11) is 0. The number of nitrogens with zero attached hydrogens (tertiary/aromatic N) is 1. The number of thiazole rings is 1. The Bertz CT molecular complexity index is 264. The van der Waals surface area contributed by atoms with Gasteiger partial charge < -0.3 is 0 Å². The second-order valence-corrected chi connectivity index (χ2v) is 5.83. The van der Waals surface area contributed by atoms with Crippen molar-refractivity contribution >= 4 is 23.1 Å². The minimum atomic E-state index is 0.707. The molecule has 0 bridgehead atoms. The van der Waals surface area contributed by atoms with Crippen molar-refractivity contribution in [2.24, 2.45) is 0 Å². The van der Waals surface area contributed by atoms with Crippen LogP contribution in [0.2, 0.25) is 0 Å². The van der Waals surface area contributed by atoms with Crippen molar-refractivity contribution in [2.45, 2.75) is 37.9 Å². The van der Waals surface area contributed by atoms with E-state index in [0.717, 1.165) is 6.42 Å². The topological polar surface area (TPSA) is 12.9 Å². The maximum Gasteiger partial charge on any atom is 0.106 e. The Morgan fingerprint density at radius 2 is 2.46 bits per heavy atom. The third-order valence-electron chi connectivity index (χ3n) is 2.38. The largest absolute Gasteiger partial charge is 0.248 e. The molecule has 0 saturated carbocycles. The van der Waals surface area contributed by atoms with E-state index in [2.05, 4.69) is 29.9 Å². The average molecular weight is 213 g/mol. The van der Waals surface area contributed by atoms with Crippen LogP contribution in [0.3, 0.4) is 0 Å². The van der Waals surface area contributed by atoms with E-state index in [0.29, 0.717) is 5.25 Å². The predicted octanol–water partition coefficient (Wildman–Crippen LogP) is 3.66. The molecule has 0 aliphatic carbocycles. The molecule has 3 heteroatoms. The van der Waals surface area contributed by atoms with E-state index in [1.807, 2.05) is 11.3 Å². The third-order valence-corrected chi connectivity index (χ3v) is 5.17. The SMILES string of the molecule is CCc1cnc(C2CCCCS2)s1. The Morgan fingerprint density at radius 1 is 1.54 bits per heavy atom. The number of rotatable bonds is 2. The monoisotopic (exact) mass is 213 g/mol. The van der Waals surface area contributed by atoms with Crippen LogP contribution in [-0.4, -0.2) is 10.7 Å². The van der Waals surface area contributed by atoms with Gasteiger partial charge in [0.05, 0.1) is 5.25 Å². The van der Waals surface area contributed by atoms with Crippen LogP contribution in [0.1, 0.15) is 41.3 Å². The lowest BCUT2D eigenvalue weighted by Crippen LogP contribution is -2.01. The first-order valence-corrected chi connectivity index (χ1v) is 6.83. The normalized spacial score (nSPS) is 23.3. The summed E-state index contributed by atoms with van der Waals surface area (Å²) in [5.74, 6) is 1.33. The van der Waals surface area contributed by atoms with E-state index < -0.39 is 0 Å². The van der Waals surface area contributed by atoms with Gasteiger partial charge in [0.15, 0.2) is 0 Å². The van der Waals surface area contributed by atoms with Crippen LogP contribution < -0.4 is 0 Å². The molecule has 1 saturated heterocycles. The third kappa shape index (κ3) is 2.26. The quantitative estimate of drug-likeness (QED) is 0.743. The van der Waals surface area contributed by atoms with Crippen molar-refractivity contribution in [3.05, 3.63) is 16.1 Å². The zero-order chi connectivity index (χ0) is 9.10. The Balaban J connectivity index is 2.05. The highest BCUT2D eigenvalue weighted by Crippen LogP contribution is 2.39. The second-order valence-electron chi connectivity index (χ2n) is 3.37. The molecule has 1 fully saturated rings. The summed E-state index contributed by atoms with van der Waals surface area (Å²) in [6.07, 6.45) is 7.30. The summed E-state index contributed by atoms with van der Waals surface area (Å²) in [6.45, 7) is 2.20. The molecule has 2 heterocycles. The van der Waals surface area contributed by atoms with Crippen molar-refractivity contribution in [1.29, 1.82) is 0 Å².